The zero-order valence-electron chi connectivity index (χ0n) is 11.3. The van der Waals surface area contributed by atoms with Crippen molar-refractivity contribution >= 4 is 11.8 Å². The van der Waals surface area contributed by atoms with Crippen molar-refractivity contribution in [2.75, 3.05) is 19.3 Å². The van der Waals surface area contributed by atoms with Crippen molar-refractivity contribution in [3.63, 3.8) is 0 Å². The van der Waals surface area contributed by atoms with Crippen LogP contribution >= 0.6 is 11.8 Å². The maximum Gasteiger partial charge on any atom is 0.0209 e. The molecule has 0 amide bonds. The van der Waals surface area contributed by atoms with Gasteiger partial charge in [0.25, 0.3) is 0 Å². The standard InChI is InChI=1S/C13H28N2S/c1-10(2)12(14)7-8-15(4)13-6-5-9-16-11(13)3/h10-13H,5-9,14H2,1-4H3. The molecule has 0 aromatic heterocycles. The van der Waals surface area contributed by atoms with Crippen LogP contribution in [-0.2, 0) is 0 Å². The third kappa shape index (κ3) is 4.27. The topological polar surface area (TPSA) is 29.3 Å². The molecule has 0 radical (unpaired) electrons. The van der Waals surface area contributed by atoms with Gasteiger partial charge in [-0.05, 0) is 44.5 Å². The lowest BCUT2D eigenvalue weighted by atomic mass is 10.0. The van der Waals surface area contributed by atoms with Gasteiger partial charge in [0.2, 0.25) is 0 Å². The lowest BCUT2D eigenvalue weighted by Crippen LogP contribution is -2.43. The van der Waals surface area contributed by atoms with Crippen LogP contribution in [0, 0.1) is 5.92 Å². The van der Waals surface area contributed by atoms with Gasteiger partial charge in [-0.2, -0.15) is 11.8 Å². The minimum Gasteiger partial charge on any atom is -0.327 e. The molecular weight excluding hydrogens is 216 g/mol. The Bertz CT molecular complexity index is 196. The highest BCUT2D eigenvalue weighted by atomic mass is 32.2. The molecule has 0 bridgehead atoms. The summed E-state index contributed by atoms with van der Waals surface area (Å²) in [5, 5.41) is 0.786. The van der Waals surface area contributed by atoms with Crippen molar-refractivity contribution in [2.45, 2.75) is 57.4 Å². The summed E-state index contributed by atoms with van der Waals surface area (Å²) in [6.07, 6.45) is 3.86. The summed E-state index contributed by atoms with van der Waals surface area (Å²) in [4.78, 5) is 2.53. The second-order valence-corrected chi connectivity index (χ2v) is 6.95. The summed E-state index contributed by atoms with van der Waals surface area (Å²) in [6, 6.07) is 1.12. The zero-order valence-corrected chi connectivity index (χ0v) is 12.1. The first kappa shape index (κ1) is 14.3. The van der Waals surface area contributed by atoms with Crippen molar-refractivity contribution in [2.24, 2.45) is 11.7 Å². The Balaban J connectivity index is 2.30. The number of hydrogen-bond donors (Lipinski definition) is 1. The summed E-state index contributed by atoms with van der Waals surface area (Å²) in [6.45, 7) is 7.94. The fraction of sp³-hybridized carbons (Fsp3) is 1.00. The van der Waals surface area contributed by atoms with Gasteiger partial charge in [0.05, 0.1) is 0 Å². The van der Waals surface area contributed by atoms with Crippen LogP contribution < -0.4 is 5.73 Å². The smallest absolute Gasteiger partial charge is 0.0209 e. The molecule has 1 fully saturated rings. The summed E-state index contributed by atoms with van der Waals surface area (Å²) in [5.41, 5.74) is 6.10. The minimum absolute atomic E-state index is 0.356. The lowest BCUT2D eigenvalue weighted by molar-refractivity contribution is 0.211. The summed E-state index contributed by atoms with van der Waals surface area (Å²) in [7, 11) is 2.26. The highest BCUT2D eigenvalue weighted by Gasteiger charge is 2.25. The number of nitrogens with zero attached hydrogens (tertiary/aromatic N) is 1. The predicted octanol–water partition coefficient (Wildman–Crippen LogP) is 2.58. The van der Waals surface area contributed by atoms with Crippen molar-refractivity contribution in [1.82, 2.24) is 4.90 Å². The van der Waals surface area contributed by atoms with E-state index in [2.05, 4.69) is 44.5 Å². The molecule has 0 saturated carbocycles. The van der Waals surface area contributed by atoms with Crippen LogP contribution in [0.1, 0.15) is 40.0 Å². The first-order valence-corrected chi connectivity index (χ1v) is 7.64. The highest BCUT2D eigenvalue weighted by Crippen LogP contribution is 2.28. The van der Waals surface area contributed by atoms with Crippen LogP contribution in [0.4, 0.5) is 0 Å². The molecule has 1 aliphatic heterocycles. The van der Waals surface area contributed by atoms with E-state index < -0.39 is 0 Å². The average molecular weight is 244 g/mol. The quantitative estimate of drug-likeness (QED) is 0.806. The Kier molecular flexibility index (Phi) is 6.16. The average Bonchev–Trinajstić information content (AvgIpc) is 2.25. The monoisotopic (exact) mass is 244 g/mol. The van der Waals surface area contributed by atoms with E-state index in [1.54, 1.807) is 0 Å². The molecule has 1 rings (SSSR count). The molecule has 0 aromatic carbocycles. The molecule has 16 heavy (non-hydrogen) atoms. The second kappa shape index (κ2) is 6.87. The van der Waals surface area contributed by atoms with E-state index in [0.717, 1.165) is 24.3 Å². The molecule has 3 unspecified atom stereocenters. The van der Waals surface area contributed by atoms with Gasteiger partial charge in [-0.1, -0.05) is 20.8 Å². The molecule has 96 valence electrons. The molecule has 0 aliphatic carbocycles. The van der Waals surface area contributed by atoms with Crippen molar-refractivity contribution in [1.29, 1.82) is 0 Å². The Morgan fingerprint density at radius 2 is 2.12 bits per heavy atom. The summed E-state index contributed by atoms with van der Waals surface area (Å²) >= 11 is 2.12. The molecule has 1 saturated heterocycles. The fourth-order valence-corrected chi connectivity index (χ4v) is 3.61. The van der Waals surface area contributed by atoms with Gasteiger partial charge in [0, 0.05) is 17.3 Å². The minimum atomic E-state index is 0.356. The van der Waals surface area contributed by atoms with Crippen molar-refractivity contribution in [3.8, 4) is 0 Å². The predicted molar refractivity (Wildman–Crippen MR) is 75.0 cm³/mol. The van der Waals surface area contributed by atoms with Crippen LogP contribution in [0.2, 0.25) is 0 Å². The number of nitrogens with two attached hydrogens (primary N) is 1. The molecular formula is C13H28N2S. The third-order valence-electron chi connectivity index (χ3n) is 3.80. The zero-order chi connectivity index (χ0) is 12.1. The lowest BCUT2D eigenvalue weighted by Gasteiger charge is -2.36. The van der Waals surface area contributed by atoms with Crippen LogP contribution in [0.15, 0.2) is 0 Å². The van der Waals surface area contributed by atoms with Crippen LogP contribution in [0.5, 0.6) is 0 Å². The Labute approximate surface area is 105 Å². The van der Waals surface area contributed by atoms with Crippen molar-refractivity contribution < 1.29 is 0 Å². The van der Waals surface area contributed by atoms with Gasteiger partial charge in [-0.3, -0.25) is 0 Å². The van der Waals surface area contributed by atoms with E-state index >= 15 is 0 Å². The van der Waals surface area contributed by atoms with E-state index in [4.69, 9.17) is 5.73 Å². The fourth-order valence-electron chi connectivity index (χ4n) is 2.34. The van der Waals surface area contributed by atoms with Crippen LogP contribution in [-0.4, -0.2) is 41.6 Å². The largest absolute Gasteiger partial charge is 0.327 e. The maximum absolute atomic E-state index is 6.10. The molecule has 3 atom stereocenters. The second-order valence-electron chi connectivity index (χ2n) is 5.46. The first-order chi connectivity index (χ1) is 7.52. The molecule has 1 aliphatic rings. The van der Waals surface area contributed by atoms with Crippen LogP contribution in [0.3, 0.4) is 0 Å². The van der Waals surface area contributed by atoms with Gasteiger partial charge >= 0.3 is 0 Å². The maximum atomic E-state index is 6.10. The number of rotatable bonds is 5. The SMILES string of the molecule is CC(C)C(N)CCN(C)C1CCCSC1C. The van der Waals surface area contributed by atoms with E-state index in [1.165, 1.54) is 18.6 Å². The normalized spacial score (nSPS) is 28.7. The molecule has 0 aromatic rings. The summed E-state index contributed by atoms with van der Waals surface area (Å²) in [5.74, 6) is 1.95. The number of thioether (sulfide) groups is 1. The molecule has 2 N–H and O–H groups in total. The highest BCUT2D eigenvalue weighted by molar-refractivity contribution is 7.99. The first-order valence-electron chi connectivity index (χ1n) is 6.59. The van der Waals surface area contributed by atoms with Gasteiger partial charge in [-0.25, -0.2) is 0 Å². The van der Waals surface area contributed by atoms with Gasteiger partial charge in [-0.15, -0.1) is 0 Å². The van der Waals surface area contributed by atoms with Crippen LogP contribution in [0.25, 0.3) is 0 Å². The Hall–Kier alpha value is 0.270. The van der Waals surface area contributed by atoms with E-state index in [9.17, 15) is 0 Å². The molecule has 1 heterocycles. The Morgan fingerprint density at radius 1 is 1.44 bits per heavy atom. The third-order valence-corrected chi connectivity index (χ3v) is 5.17. The molecule has 2 nitrogen and oxygen atoms in total. The van der Waals surface area contributed by atoms with Gasteiger partial charge in [0.15, 0.2) is 0 Å². The van der Waals surface area contributed by atoms with E-state index in [-0.39, 0.29) is 0 Å². The van der Waals surface area contributed by atoms with Gasteiger partial charge < -0.3 is 10.6 Å². The Morgan fingerprint density at radius 3 is 2.69 bits per heavy atom. The number of hydrogen-bond acceptors (Lipinski definition) is 3. The summed E-state index contributed by atoms with van der Waals surface area (Å²) < 4.78 is 0. The van der Waals surface area contributed by atoms with E-state index in [0.29, 0.717) is 12.0 Å². The van der Waals surface area contributed by atoms with Gasteiger partial charge in [0.1, 0.15) is 0 Å². The molecule has 3 heteroatoms. The van der Waals surface area contributed by atoms with Crippen molar-refractivity contribution in [3.05, 3.63) is 0 Å². The van der Waals surface area contributed by atoms with E-state index in [1.807, 2.05) is 0 Å². The molecule has 0 spiro atoms.